The Kier molecular flexibility index (Phi) is 5.43. The van der Waals surface area contributed by atoms with Crippen LogP contribution in [-0.4, -0.2) is 26.7 Å². The number of aromatic nitrogens is 3. The van der Waals surface area contributed by atoms with Crippen LogP contribution in [0.25, 0.3) is 16.9 Å². The van der Waals surface area contributed by atoms with Crippen LogP contribution >= 0.6 is 0 Å². The molecule has 1 atom stereocenters. The molecule has 4 aliphatic rings. The van der Waals surface area contributed by atoms with Crippen LogP contribution in [0.5, 0.6) is 0 Å². The number of fused-ring (bicyclic) bond motifs is 1. The molecule has 1 aromatic carbocycles. The number of hydrogen-bond donors (Lipinski definition) is 0. The van der Waals surface area contributed by atoms with E-state index in [-0.39, 0.29) is 28.4 Å². The molecule has 2 aromatic heterocycles. The third kappa shape index (κ3) is 4.18. The van der Waals surface area contributed by atoms with E-state index in [1.807, 2.05) is 26.0 Å². The zero-order chi connectivity index (χ0) is 25.2. The number of rotatable bonds is 5. The molecule has 0 unspecified atom stereocenters. The lowest BCUT2D eigenvalue weighted by Crippen LogP contribution is -2.47. The number of benzene rings is 1. The molecule has 0 spiro atoms. The third-order valence-electron chi connectivity index (χ3n) is 8.52. The number of alkyl halides is 3. The van der Waals surface area contributed by atoms with Gasteiger partial charge in [-0.25, -0.2) is 14.3 Å². The van der Waals surface area contributed by atoms with Crippen molar-refractivity contribution in [2.75, 3.05) is 0 Å². The van der Waals surface area contributed by atoms with Crippen molar-refractivity contribution >= 4 is 11.6 Å². The van der Waals surface area contributed by atoms with Gasteiger partial charge in [-0.2, -0.15) is 18.3 Å². The number of esters is 1. The van der Waals surface area contributed by atoms with Gasteiger partial charge in [-0.05, 0) is 88.0 Å². The lowest BCUT2D eigenvalue weighted by atomic mass is 9.48. The second-order valence-corrected chi connectivity index (χ2v) is 11.5. The highest BCUT2D eigenvalue weighted by Crippen LogP contribution is 2.61. The first-order valence-corrected chi connectivity index (χ1v) is 12.8. The SMILES string of the molecule is Cc1ccc(-c2cc(C(F)(F)F)n3ncc(C(=O)O[C@H](C)CC45CC6CC(CC(C6)C4)C5)c3n2)cc1. The number of halogens is 3. The van der Waals surface area contributed by atoms with E-state index in [4.69, 9.17) is 4.74 Å². The molecule has 0 radical (unpaired) electrons. The summed E-state index contributed by atoms with van der Waals surface area (Å²) in [6, 6.07) is 8.03. The molecule has 4 aliphatic carbocycles. The summed E-state index contributed by atoms with van der Waals surface area (Å²) >= 11 is 0. The van der Waals surface area contributed by atoms with Crippen molar-refractivity contribution in [3.63, 3.8) is 0 Å². The van der Waals surface area contributed by atoms with Crippen molar-refractivity contribution in [1.82, 2.24) is 14.6 Å². The van der Waals surface area contributed by atoms with Gasteiger partial charge in [0, 0.05) is 5.56 Å². The van der Waals surface area contributed by atoms with Crippen LogP contribution in [0.1, 0.15) is 73.5 Å². The van der Waals surface area contributed by atoms with E-state index in [0.717, 1.165) is 42.0 Å². The van der Waals surface area contributed by atoms with Gasteiger partial charge < -0.3 is 4.74 Å². The number of nitrogens with zero attached hydrogens (tertiary/aromatic N) is 3. The number of carbonyl (C=O) groups excluding carboxylic acids is 1. The first-order valence-electron chi connectivity index (χ1n) is 12.8. The molecule has 2 heterocycles. The van der Waals surface area contributed by atoms with Crippen molar-refractivity contribution in [3.05, 3.63) is 53.3 Å². The molecule has 0 N–H and O–H groups in total. The molecular formula is C28H30F3N3O2. The van der Waals surface area contributed by atoms with Gasteiger partial charge in [-0.3, -0.25) is 0 Å². The van der Waals surface area contributed by atoms with Crippen LogP contribution in [0.4, 0.5) is 13.2 Å². The molecule has 36 heavy (non-hydrogen) atoms. The van der Waals surface area contributed by atoms with Gasteiger partial charge in [0.1, 0.15) is 5.56 Å². The molecule has 8 heteroatoms. The molecule has 0 aliphatic heterocycles. The van der Waals surface area contributed by atoms with Crippen molar-refractivity contribution in [3.8, 4) is 11.3 Å². The normalized spacial score (nSPS) is 28.0. The zero-order valence-electron chi connectivity index (χ0n) is 20.5. The van der Waals surface area contributed by atoms with E-state index in [0.29, 0.717) is 10.1 Å². The minimum atomic E-state index is -4.67. The summed E-state index contributed by atoms with van der Waals surface area (Å²) < 4.78 is 48.2. The second-order valence-electron chi connectivity index (χ2n) is 11.5. The number of ether oxygens (including phenoxy) is 1. The Balaban J connectivity index is 1.28. The average molecular weight is 498 g/mol. The summed E-state index contributed by atoms with van der Waals surface area (Å²) in [7, 11) is 0. The maximum absolute atomic E-state index is 13.9. The van der Waals surface area contributed by atoms with Gasteiger partial charge >= 0.3 is 12.1 Å². The first-order chi connectivity index (χ1) is 17.1. The van der Waals surface area contributed by atoms with Gasteiger partial charge in [0.25, 0.3) is 0 Å². The Labute approximate surface area is 208 Å². The number of aryl methyl sites for hydroxylation is 1. The van der Waals surface area contributed by atoms with Crippen molar-refractivity contribution < 1.29 is 22.7 Å². The Morgan fingerprint density at radius 2 is 1.72 bits per heavy atom. The van der Waals surface area contributed by atoms with E-state index < -0.39 is 17.8 Å². The fraction of sp³-hybridized carbons (Fsp3) is 0.536. The third-order valence-corrected chi connectivity index (χ3v) is 8.52. The molecule has 7 rings (SSSR count). The van der Waals surface area contributed by atoms with Crippen LogP contribution in [0.3, 0.4) is 0 Å². The fourth-order valence-corrected chi connectivity index (χ4v) is 7.62. The Bertz CT molecular complexity index is 1280. The monoisotopic (exact) mass is 497 g/mol. The Morgan fingerprint density at radius 3 is 2.31 bits per heavy atom. The van der Waals surface area contributed by atoms with Gasteiger partial charge in [-0.1, -0.05) is 29.8 Å². The van der Waals surface area contributed by atoms with Crippen LogP contribution < -0.4 is 0 Å². The Morgan fingerprint density at radius 1 is 1.11 bits per heavy atom. The topological polar surface area (TPSA) is 56.5 Å². The van der Waals surface area contributed by atoms with Gasteiger partial charge in [0.15, 0.2) is 11.3 Å². The Hall–Kier alpha value is -2.90. The molecule has 0 amide bonds. The maximum atomic E-state index is 13.9. The van der Waals surface area contributed by atoms with E-state index >= 15 is 0 Å². The largest absolute Gasteiger partial charge is 0.459 e. The number of hydrogen-bond acceptors (Lipinski definition) is 4. The molecule has 0 saturated heterocycles. The maximum Gasteiger partial charge on any atom is 0.433 e. The first kappa shape index (κ1) is 23.5. The van der Waals surface area contributed by atoms with Gasteiger partial charge in [-0.15, -0.1) is 0 Å². The van der Waals surface area contributed by atoms with E-state index in [2.05, 4.69) is 10.1 Å². The second kappa shape index (κ2) is 8.32. The zero-order valence-corrected chi connectivity index (χ0v) is 20.5. The standard InChI is InChI=1S/C28H30F3N3O2/c1-16-3-5-21(6-4-16)23-10-24(28(29,30)31)34-25(33-23)22(15-32-34)26(35)36-17(2)11-27-12-18-7-19(13-27)9-20(8-18)14-27/h3-6,10,15,17-20H,7-9,11-14H2,1-2H3/t17-,18?,19?,20?,27?/m1/s1. The lowest BCUT2D eigenvalue weighted by Gasteiger charge is -2.57. The smallest absolute Gasteiger partial charge is 0.433 e. The highest BCUT2D eigenvalue weighted by atomic mass is 19.4. The van der Waals surface area contributed by atoms with Crippen molar-refractivity contribution in [2.45, 2.75) is 71.1 Å². The average Bonchev–Trinajstić information content (AvgIpc) is 3.21. The lowest BCUT2D eigenvalue weighted by molar-refractivity contribution is -0.142. The highest BCUT2D eigenvalue weighted by molar-refractivity contribution is 5.96. The van der Waals surface area contributed by atoms with Gasteiger partial charge in [0.05, 0.1) is 18.0 Å². The van der Waals surface area contributed by atoms with E-state index in [9.17, 15) is 18.0 Å². The summed E-state index contributed by atoms with van der Waals surface area (Å²) in [5.74, 6) is 1.71. The van der Waals surface area contributed by atoms with Gasteiger partial charge in [0.2, 0.25) is 0 Å². The minimum absolute atomic E-state index is 0.0492. The summed E-state index contributed by atoms with van der Waals surface area (Å²) in [6.07, 6.45) is 4.57. The van der Waals surface area contributed by atoms with Crippen LogP contribution in [-0.2, 0) is 10.9 Å². The van der Waals surface area contributed by atoms with Crippen LogP contribution in [0.15, 0.2) is 36.5 Å². The van der Waals surface area contributed by atoms with Crippen LogP contribution in [0.2, 0.25) is 0 Å². The minimum Gasteiger partial charge on any atom is -0.459 e. The van der Waals surface area contributed by atoms with E-state index in [1.54, 1.807) is 12.1 Å². The molecular weight excluding hydrogens is 467 g/mol. The molecule has 4 fully saturated rings. The summed E-state index contributed by atoms with van der Waals surface area (Å²) in [5.41, 5.74) is 0.700. The molecule has 190 valence electrons. The molecule has 3 aromatic rings. The van der Waals surface area contributed by atoms with E-state index in [1.165, 1.54) is 38.5 Å². The molecule has 4 saturated carbocycles. The summed E-state index contributed by atoms with van der Waals surface area (Å²) in [5, 5.41) is 3.88. The molecule has 4 bridgehead atoms. The predicted octanol–water partition coefficient (Wildman–Crippen LogP) is 6.88. The number of carbonyl (C=O) groups is 1. The highest BCUT2D eigenvalue weighted by Gasteiger charge is 2.51. The molecule has 5 nitrogen and oxygen atoms in total. The predicted molar refractivity (Wildman–Crippen MR) is 128 cm³/mol. The summed E-state index contributed by atoms with van der Waals surface area (Å²) in [6.45, 7) is 3.80. The quantitative estimate of drug-likeness (QED) is 0.361. The fourth-order valence-electron chi connectivity index (χ4n) is 7.62. The van der Waals surface area contributed by atoms with Crippen LogP contribution in [0, 0.1) is 30.1 Å². The van der Waals surface area contributed by atoms with Crippen molar-refractivity contribution in [2.24, 2.45) is 23.2 Å². The van der Waals surface area contributed by atoms with Crippen molar-refractivity contribution in [1.29, 1.82) is 0 Å². The summed E-state index contributed by atoms with van der Waals surface area (Å²) in [4.78, 5) is 17.6.